The Morgan fingerprint density at radius 1 is 1.17 bits per heavy atom. The number of benzene rings is 2. The monoisotopic (exact) mass is 357 g/mol. The normalized spacial score (nSPS) is 16.4. The summed E-state index contributed by atoms with van der Waals surface area (Å²) in [4.78, 5) is 16.2. The topological polar surface area (TPSA) is 20.3 Å². The van der Waals surface area contributed by atoms with E-state index in [2.05, 4.69) is 0 Å². The third kappa shape index (κ3) is 3.37. The zero-order chi connectivity index (χ0) is 16.4. The Morgan fingerprint density at radius 2 is 1.96 bits per heavy atom. The molecule has 2 nitrogen and oxygen atoms in total. The van der Waals surface area contributed by atoms with E-state index >= 15 is 0 Å². The molecule has 0 unspecified atom stereocenters. The zero-order valence-corrected chi connectivity index (χ0v) is 15.2. The molecule has 0 bridgehead atoms. The minimum absolute atomic E-state index is 0.0542. The summed E-state index contributed by atoms with van der Waals surface area (Å²) in [5.74, 6) is -0.0542. The number of hydrogen-bond acceptors (Lipinski definition) is 4. The number of amides is 1. The van der Waals surface area contributed by atoms with Crippen LogP contribution < -0.4 is 4.90 Å². The van der Waals surface area contributed by atoms with Crippen LogP contribution in [-0.4, -0.2) is 16.5 Å². The van der Waals surface area contributed by atoms with Gasteiger partial charge in [-0.2, -0.15) is 0 Å². The van der Waals surface area contributed by atoms with Crippen LogP contribution in [0.2, 0.25) is 0 Å². The van der Waals surface area contributed by atoms with E-state index in [0.29, 0.717) is 9.23 Å². The molecule has 0 radical (unpaired) electrons. The Bertz CT molecular complexity index is 813. The number of aryl methyl sites for hydroxylation is 1. The van der Waals surface area contributed by atoms with E-state index in [1.54, 1.807) is 16.7 Å². The molecule has 0 saturated carbocycles. The van der Waals surface area contributed by atoms with Crippen molar-refractivity contribution in [1.82, 2.24) is 0 Å². The van der Waals surface area contributed by atoms with Crippen molar-refractivity contribution >= 4 is 57.7 Å². The third-order valence-electron chi connectivity index (χ3n) is 3.58. The minimum Gasteiger partial charge on any atom is -0.268 e. The van der Waals surface area contributed by atoms with Crippen LogP contribution in [0, 0.1) is 6.92 Å². The fraction of sp³-hybridized carbons (Fsp3) is 0.111. The van der Waals surface area contributed by atoms with E-state index in [1.165, 1.54) is 11.8 Å². The van der Waals surface area contributed by atoms with E-state index < -0.39 is 0 Å². The lowest BCUT2D eigenvalue weighted by Gasteiger charge is -2.15. The van der Waals surface area contributed by atoms with Gasteiger partial charge in [-0.05, 0) is 48.6 Å². The molecule has 1 heterocycles. The highest BCUT2D eigenvalue weighted by Crippen LogP contribution is 2.37. The lowest BCUT2D eigenvalue weighted by Crippen LogP contribution is -2.27. The van der Waals surface area contributed by atoms with Gasteiger partial charge in [-0.15, -0.1) is 11.8 Å². The van der Waals surface area contributed by atoms with Crippen LogP contribution in [0.25, 0.3) is 6.08 Å². The Balaban J connectivity index is 1.95. The van der Waals surface area contributed by atoms with Crippen LogP contribution in [0.3, 0.4) is 0 Å². The Hall–Kier alpha value is -1.56. The maximum Gasteiger partial charge on any atom is 0.270 e. The number of thiocarbonyl (C=S) groups is 1. The van der Waals surface area contributed by atoms with E-state index in [-0.39, 0.29) is 5.91 Å². The van der Waals surface area contributed by atoms with Crippen LogP contribution in [0.15, 0.2) is 58.3 Å². The van der Waals surface area contributed by atoms with Crippen molar-refractivity contribution in [2.75, 3.05) is 11.2 Å². The molecule has 2 aromatic rings. The van der Waals surface area contributed by atoms with Crippen molar-refractivity contribution in [3.8, 4) is 0 Å². The van der Waals surface area contributed by atoms with Crippen LogP contribution in [0.1, 0.15) is 11.1 Å². The molecule has 3 rings (SSSR count). The quantitative estimate of drug-likeness (QED) is 0.431. The molecule has 1 amide bonds. The van der Waals surface area contributed by atoms with Gasteiger partial charge in [0.15, 0.2) is 4.32 Å². The second kappa shape index (κ2) is 6.91. The number of hydrogen-bond donors (Lipinski definition) is 0. The first-order chi connectivity index (χ1) is 11.1. The van der Waals surface area contributed by atoms with Crippen molar-refractivity contribution < 1.29 is 4.79 Å². The largest absolute Gasteiger partial charge is 0.270 e. The van der Waals surface area contributed by atoms with Gasteiger partial charge in [-0.1, -0.05) is 54.3 Å². The second-order valence-electron chi connectivity index (χ2n) is 5.08. The minimum atomic E-state index is -0.0542. The van der Waals surface area contributed by atoms with Crippen molar-refractivity contribution in [1.29, 1.82) is 0 Å². The average Bonchev–Trinajstić information content (AvgIpc) is 2.83. The highest BCUT2D eigenvalue weighted by molar-refractivity contribution is 8.27. The molecule has 0 atom stereocenters. The number of thioether (sulfide) groups is 2. The van der Waals surface area contributed by atoms with Crippen molar-refractivity contribution in [3.63, 3.8) is 0 Å². The summed E-state index contributed by atoms with van der Waals surface area (Å²) in [6.07, 6.45) is 3.94. The summed E-state index contributed by atoms with van der Waals surface area (Å²) in [5, 5.41) is 0. The smallest absolute Gasteiger partial charge is 0.268 e. The Labute approximate surface area is 150 Å². The van der Waals surface area contributed by atoms with E-state index in [1.807, 2.05) is 67.8 Å². The molecule has 1 fully saturated rings. The van der Waals surface area contributed by atoms with Gasteiger partial charge in [0, 0.05) is 4.90 Å². The van der Waals surface area contributed by atoms with Crippen molar-refractivity contribution in [2.24, 2.45) is 0 Å². The molecule has 0 N–H and O–H groups in total. The SMILES string of the molecule is CSc1cccc(N2C(=O)/C(=C\c3ccccc3C)SC2=S)c1. The maximum atomic E-state index is 12.8. The summed E-state index contributed by atoms with van der Waals surface area (Å²) in [5.41, 5.74) is 3.01. The molecule has 1 aliphatic heterocycles. The summed E-state index contributed by atoms with van der Waals surface area (Å²) in [6, 6.07) is 15.9. The molecule has 0 aromatic heterocycles. The van der Waals surface area contributed by atoms with Crippen molar-refractivity contribution in [2.45, 2.75) is 11.8 Å². The molecule has 2 aromatic carbocycles. The van der Waals surface area contributed by atoms with Gasteiger partial charge in [0.25, 0.3) is 5.91 Å². The Morgan fingerprint density at radius 3 is 2.70 bits per heavy atom. The van der Waals surface area contributed by atoms with Gasteiger partial charge in [0.05, 0.1) is 10.6 Å². The van der Waals surface area contributed by atoms with E-state index in [9.17, 15) is 4.79 Å². The third-order valence-corrected chi connectivity index (χ3v) is 5.61. The van der Waals surface area contributed by atoms with E-state index in [4.69, 9.17) is 12.2 Å². The van der Waals surface area contributed by atoms with Gasteiger partial charge < -0.3 is 0 Å². The molecular formula is C18H15NOS3. The van der Waals surface area contributed by atoms with Crippen LogP contribution >= 0.6 is 35.7 Å². The number of carbonyl (C=O) groups excluding carboxylic acids is 1. The van der Waals surface area contributed by atoms with Crippen LogP contribution in [-0.2, 0) is 4.79 Å². The predicted octanol–water partition coefficient (Wildman–Crippen LogP) is 5.12. The fourth-order valence-corrected chi connectivity index (χ4v) is 4.07. The molecule has 0 aliphatic carbocycles. The standard InChI is InChI=1S/C18H15NOS3/c1-12-6-3-4-7-13(12)10-16-17(20)19(18(21)23-16)14-8-5-9-15(11-14)22-2/h3-11H,1-2H3/b16-10+. The van der Waals surface area contributed by atoms with Gasteiger partial charge in [0.1, 0.15) is 0 Å². The van der Waals surface area contributed by atoms with Gasteiger partial charge >= 0.3 is 0 Å². The molecule has 23 heavy (non-hydrogen) atoms. The lowest BCUT2D eigenvalue weighted by molar-refractivity contribution is -0.113. The number of carbonyl (C=O) groups is 1. The molecule has 0 spiro atoms. The molecule has 1 saturated heterocycles. The number of rotatable bonds is 3. The summed E-state index contributed by atoms with van der Waals surface area (Å²) >= 11 is 8.43. The van der Waals surface area contributed by atoms with Crippen LogP contribution in [0.4, 0.5) is 5.69 Å². The number of nitrogens with zero attached hydrogens (tertiary/aromatic N) is 1. The van der Waals surface area contributed by atoms with Gasteiger partial charge in [0.2, 0.25) is 0 Å². The van der Waals surface area contributed by atoms with Gasteiger partial charge in [-0.25, -0.2) is 0 Å². The lowest BCUT2D eigenvalue weighted by atomic mass is 10.1. The molecular weight excluding hydrogens is 342 g/mol. The van der Waals surface area contributed by atoms with Crippen LogP contribution in [0.5, 0.6) is 0 Å². The first kappa shape index (κ1) is 16.3. The summed E-state index contributed by atoms with van der Waals surface area (Å²) in [6.45, 7) is 2.04. The molecule has 5 heteroatoms. The van der Waals surface area contributed by atoms with Gasteiger partial charge in [-0.3, -0.25) is 9.69 Å². The first-order valence-corrected chi connectivity index (χ1v) is 9.53. The zero-order valence-electron chi connectivity index (χ0n) is 12.8. The highest BCUT2D eigenvalue weighted by atomic mass is 32.2. The number of anilines is 1. The summed E-state index contributed by atoms with van der Waals surface area (Å²) in [7, 11) is 0. The predicted molar refractivity (Wildman–Crippen MR) is 105 cm³/mol. The second-order valence-corrected chi connectivity index (χ2v) is 7.63. The summed E-state index contributed by atoms with van der Waals surface area (Å²) < 4.78 is 0.577. The van der Waals surface area contributed by atoms with Crippen molar-refractivity contribution in [3.05, 3.63) is 64.6 Å². The fourth-order valence-electron chi connectivity index (χ4n) is 2.33. The average molecular weight is 358 g/mol. The molecule has 116 valence electrons. The molecule has 1 aliphatic rings. The highest BCUT2D eigenvalue weighted by Gasteiger charge is 2.33. The van der Waals surface area contributed by atoms with E-state index in [0.717, 1.165) is 21.7 Å². The first-order valence-electron chi connectivity index (χ1n) is 7.08. The Kier molecular flexibility index (Phi) is 4.90. The maximum absolute atomic E-state index is 12.8.